The molecule has 44 heavy (non-hydrogen) atoms. The van der Waals surface area contributed by atoms with Gasteiger partial charge in [-0.1, -0.05) is 115 Å². The van der Waals surface area contributed by atoms with Crippen molar-refractivity contribution >= 4 is 80.9 Å². The van der Waals surface area contributed by atoms with Gasteiger partial charge < -0.3 is 4.90 Å². The largest absolute Gasteiger partial charge is 0.310 e. The Labute approximate surface area is 259 Å². The van der Waals surface area contributed by atoms with Crippen molar-refractivity contribution in [1.82, 2.24) is 0 Å². The van der Waals surface area contributed by atoms with Gasteiger partial charge in [-0.15, -0.1) is 11.3 Å². The van der Waals surface area contributed by atoms with E-state index in [4.69, 9.17) is 0 Å². The number of nitrogens with zero attached hydrogens (tertiary/aromatic N) is 1. The summed E-state index contributed by atoms with van der Waals surface area (Å²) in [6.07, 6.45) is 0. The van der Waals surface area contributed by atoms with Gasteiger partial charge in [0, 0.05) is 37.2 Å². The molecule has 0 atom stereocenters. The molecule has 0 bridgehead atoms. The van der Waals surface area contributed by atoms with E-state index in [1.165, 1.54) is 63.6 Å². The molecule has 0 spiro atoms. The molecule has 0 unspecified atom stereocenters. The van der Waals surface area contributed by atoms with Gasteiger partial charge in [0.25, 0.3) is 0 Å². The van der Waals surface area contributed by atoms with Gasteiger partial charge in [0.1, 0.15) is 0 Å². The Bertz CT molecular complexity index is 2510. The van der Waals surface area contributed by atoms with Gasteiger partial charge in [-0.2, -0.15) is 0 Å². The van der Waals surface area contributed by atoms with E-state index in [9.17, 15) is 0 Å². The lowest BCUT2D eigenvalue weighted by Gasteiger charge is -2.27. The average Bonchev–Trinajstić information content (AvgIpc) is 3.48. The molecule has 1 nitrogen and oxygen atoms in total. The molecule has 206 valence electrons. The first-order valence-electron chi connectivity index (χ1n) is 15.0. The molecule has 8 aromatic carbocycles. The second-order valence-electron chi connectivity index (χ2n) is 11.4. The fraction of sp³-hybridized carbons (Fsp3) is 0. The van der Waals surface area contributed by atoms with Crippen LogP contribution in [-0.2, 0) is 0 Å². The van der Waals surface area contributed by atoms with E-state index in [1.54, 1.807) is 0 Å². The molecular formula is C42H27NS. The van der Waals surface area contributed by atoms with Crippen LogP contribution in [0, 0.1) is 0 Å². The number of thiophene rings is 1. The number of fused-ring (bicyclic) bond motifs is 8. The van der Waals surface area contributed by atoms with Crippen LogP contribution in [0.4, 0.5) is 17.1 Å². The normalized spacial score (nSPS) is 11.6. The molecular weight excluding hydrogens is 551 g/mol. The van der Waals surface area contributed by atoms with E-state index in [0.717, 1.165) is 17.1 Å². The molecule has 9 rings (SSSR count). The third-order valence-electron chi connectivity index (χ3n) is 8.80. The Hall–Kier alpha value is -5.44. The molecule has 0 fully saturated rings. The monoisotopic (exact) mass is 577 g/mol. The van der Waals surface area contributed by atoms with Crippen molar-refractivity contribution in [2.75, 3.05) is 4.90 Å². The van der Waals surface area contributed by atoms with Crippen molar-refractivity contribution in [2.24, 2.45) is 0 Å². The van der Waals surface area contributed by atoms with Crippen molar-refractivity contribution in [3.05, 3.63) is 164 Å². The van der Waals surface area contributed by atoms with Gasteiger partial charge >= 0.3 is 0 Å². The summed E-state index contributed by atoms with van der Waals surface area (Å²) in [5, 5.41) is 10.3. The van der Waals surface area contributed by atoms with Crippen LogP contribution in [-0.4, -0.2) is 0 Å². The highest BCUT2D eigenvalue weighted by molar-refractivity contribution is 7.26. The summed E-state index contributed by atoms with van der Waals surface area (Å²) >= 11 is 1.87. The maximum absolute atomic E-state index is 2.41. The summed E-state index contributed by atoms with van der Waals surface area (Å²) in [7, 11) is 0. The first kappa shape index (κ1) is 25.1. The van der Waals surface area contributed by atoms with Gasteiger partial charge in [-0.05, 0) is 92.0 Å². The number of rotatable bonds is 4. The molecule has 0 aliphatic rings. The zero-order chi connectivity index (χ0) is 29.0. The number of hydrogen-bond acceptors (Lipinski definition) is 2. The topological polar surface area (TPSA) is 3.24 Å². The third kappa shape index (κ3) is 4.07. The van der Waals surface area contributed by atoms with Gasteiger partial charge in [0.15, 0.2) is 0 Å². The first-order valence-corrected chi connectivity index (χ1v) is 15.8. The Morgan fingerprint density at radius 3 is 1.91 bits per heavy atom. The van der Waals surface area contributed by atoms with E-state index in [2.05, 4.69) is 169 Å². The van der Waals surface area contributed by atoms with Crippen LogP contribution in [0.2, 0.25) is 0 Å². The highest BCUT2D eigenvalue weighted by Gasteiger charge is 2.17. The minimum absolute atomic E-state index is 1.13. The lowest BCUT2D eigenvalue weighted by molar-refractivity contribution is 1.30. The van der Waals surface area contributed by atoms with Crippen LogP contribution in [0.5, 0.6) is 0 Å². The molecule has 0 saturated heterocycles. The van der Waals surface area contributed by atoms with Crippen molar-refractivity contribution < 1.29 is 0 Å². The van der Waals surface area contributed by atoms with Gasteiger partial charge in [-0.25, -0.2) is 0 Å². The van der Waals surface area contributed by atoms with Crippen LogP contribution in [0.3, 0.4) is 0 Å². The van der Waals surface area contributed by atoms with Crippen LogP contribution in [0.15, 0.2) is 164 Å². The smallest absolute Gasteiger partial charge is 0.0468 e. The van der Waals surface area contributed by atoms with Crippen molar-refractivity contribution in [1.29, 1.82) is 0 Å². The SMILES string of the molecule is c1ccc(-c2cccc(N(c3ccc4c(ccc5ccccc54)c3)c3ccc4ccc5sc6ccccc6c5c4c3)c2)cc1. The molecule has 1 heterocycles. The van der Waals surface area contributed by atoms with Crippen molar-refractivity contribution in [3.63, 3.8) is 0 Å². The lowest BCUT2D eigenvalue weighted by atomic mass is 10.00. The van der Waals surface area contributed by atoms with Crippen LogP contribution >= 0.6 is 11.3 Å². The highest BCUT2D eigenvalue weighted by Crippen LogP contribution is 2.43. The summed E-state index contributed by atoms with van der Waals surface area (Å²) in [4.78, 5) is 2.41. The zero-order valence-electron chi connectivity index (χ0n) is 23.9. The van der Waals surface area contributed by atoms with E-state index >= 15 is 0 Å². The van der Waals surface area contributed by atoms with E-state index < -0.39 is 0 Å². The summed E-state index contributed by atoms with van der Waals surface area (Å²) in [5.74, 6) is 0. The molecule has 0 amide bonds. The third-order valence-corrected chi connectivity index (χ3v) is 9.94. The van der Waals surface area contributed by atoms with E-state index in [0.29, 0.717) is 0 Å². The minimum atomic E-state index is 1.13. The summed E-state index contributed by atoms with van der Waals surface area (Å²) in [6, 6.07) is 59.8. The Kier molecular flexibility index (Phi) is 5.75. The van der Waals surface area contributed by atoms with Crippen LogP contribution in [0.1, 0.15) is 0 Å². The second-order valence-corrected chi connectivity index (χ2v) is 12.5. The van der Waals surface area contributed by atoms with Gasteiger partial charge in [-0.3, -0.25) is 0 Å². The maximum Gasteiger partial charge on any atom is 0.0468 e. The maximum atomic E-state index is 2.41. The van der Waals surface area contributed by atoms with Crippen LogP contribution in [0.25, 0.3) is 63.6 Å². The van der Waals surface area contributed by atoms with Crippen LogP contribution < -0.4 is 4.90 Å². The second kappa shape index (κ2) is 10.1. The summed E-state index contributed by atoms with van der Waals surface area (Å²) in [6.45, 7) is 0. The molecule has 9 aromatic rings. The fourth-order valence-corrected chi connectivity index (χ4v) is 7.83. The Morgan fingerprint density at radius 1 is 0.341 bits per heavy atom. The average molecular weight is 578 g/mol. The number of hydrogen-bond donors (Lipinski definition) is 0. The Morgan fingerprint density at radius 2 is 0.977 bits per heavy atom. The zero-order valence-corrected chi connectivity index (χ0v) is 24.8. The molecule has 0 aliphatic carbocycles. The molecule has 0 N–H and O–H groups in total. The molecule has 0 radical (unpaired) electrons. The first-order chi connectivity index (χ1) is 21.8. The number of anilines is 3. The summed E-state index contributed by atoms with van der Waals surface area (Å²) in [5.41, 5.74) is 5.83. The van der Waals surface area contributed by atoms with Crippen molar-refractivity contribution in [2.45, 2.75) is 0 Å². The molecule has 2 heteroatoms. The standard InChI is InChI=1S/C42H27NS/c1-2-9-28(10-3-1)31-12-8-13-33(25-31)43(34-22-23-37-32(26-34)18-17-29-11-4-5-14-36(29)37)35-21-19-30-20-24-41-42(39(30)27-35)38-15-6-7-16-40(38)44-41/h1-27H. The van der Waals surface area contributed by atoms with Gasteiger partial charge in [0.2, 0.25) is 0 Å². The Balaban J connectivity index is 1.30. The predicted molar refractivity (Wildman–Crippen MR) is 192 cm³/mol. The fourth-order valence-electron chi connectivity index (χ4n) is 6.71. The van der Waals surface area contributed by atoms with Crippen molar-refractivity contribution in [3.8, 4) is 11.1 Å². The molecule has 0 saturated carbocycles. The predicted octanol–water partition coefficient (Wildman–Crippen LogP) is 12.7. The van der Waals surface area contributed by atoms with E-state index in [-0.39, 0.29) is 0 Å². The quantitative estimate of drug-likeness (QED) is 0.188. The van der Waals surface area contributed by atoms with E-state index in [1.807, 2.05) is 11.3 Å². The minimum Gasteiger partial charge on any atom is -0.310 e. The number of benzene rings is 8. The molecule has 0 aliphatic heterocycles. The summed E-state index contributed by atoms with van der Waals surface area (Å²) < 4.78 is 2.65. The van der Waals surface area contributed by atoms with Gasteiger partial charge in [0.05, 0.1) is 0 Å². The molecule has 1 aromatic heterocycles. The highest BCUT2D eigenvalue weighted by atomic mass is 32.1. The lowest BCUT2D eigenvalue weighted by Crippen LogP contribution is -2.10.